The van der Waals surface area contributed by atoms with Crippen LogP contribution in [0.2, 0.25) is 0 Å². The van der Waals surface area contributed by atoms with Crippen molar-refractivity contribution in [1.82, 2.24) is 14.9 Å². The monoisotopic (exact) mass is 803 g/mol. The van der Waals surface area contributed by atoms with Gasteiger partial charge in [0.25, 0.3) is 5.56 Å². The van der Waals surface area contributed by atoms with Crippen molar-refractivity contribution in [3.05, 3.63) is 189 Å². The van der Waals surface area contributed by atoms with Crippen LogP contribution in [0, 0.1) is 0 Å². The number of methoxy groups -OCH3 is 2. The topological polar surface area (TPSA) is 150 Å². The minimum atomic E-state index is -1.48. The molecule has 1 aromatic heterocycles. The van der Waals surface area contributed by atoms with Crippen molar-refractivity contribution in [3.8, 4) is 11.5 Å². The van der Waals surface area contributed by atoms with Gasteiger partial charge in [0.2, 0.25) is 0 Å². The number of H-pyrrole nitrogens is 1. The van der Waals surface area contributed by atoms with E-state index in [-0.39, 0.29) is 13.2 Å². The third kappa shape index (κ3) is 6.90. The van der Waals surface area contributed by atoms with Crippen LogP contribution in [0.5, 0.6) is 11.5 Å². The fourth-order valence-corrected chi connectivity index (χ4v) is 8.40. The lowest BCUT2D eigenvalue weighted by molar-refractivity contribution is -0.0960. The first-order valence-corrected chi connectivity index (χ1v) is 19.5. The van der Waals surface area contributed by atoms with Crippen molar-refractivity contribution in [2.24, 2.45) is 0 Å². The maximum absolute atomic E-state index is 13.7. The molecule has 8 aromatic rings. The highest BCUT2D eigenvalue weighted by molar-refractivity contribution is 6.23. The lowest BCUT2D eigenvalue weighted by Crippen LogP contribution is -2.43. The molecule has 0 bridgehead atoms. The van der Waals surface area contributed by atoms with Gasteiger partial charge in [0.15, 0.2) is 12.3 Å². The Morgan fingerprint density at radius 1 is 0.733 bits per heavy atom. The molecule has 4 atom stereocenters. The van der Waals surface area contributed by atoms with Crippen molar-refractivity contribution >= 4 is 38.4 Å². The Hall–Kier alpha value is -6.99. The zero-order chi connectivity index (χ0) is 41.4. The molecule has 60 heavy (non-hydrogen) atoms. The van der Waals surface area contributed by atoms with E-state index in [9.17, 15) is 19.5 Å². The number of rotatable bonds is 12. The van der Waals surface area contributed by atoms with Crippen LogP contribution >= 0.6 is 0 Å². The third-order valence-corrected chi connectivity index (χ3v) is 11.4. The molecule has 1 aliphatic heterocycles. The number of nitrogens with one attached hydrogen (secondary N) is 2. The fraction of sp³-hybridized carbons (Fsp3) is 0.188. The summed E-state index contributed by atoms with van der Waals surface area (Å²) in [6.07, 6.45) is -4.92. The molecule has 0 aliphatic carbocycles. The average Bonchev–Trinajstić information content (AvgIpc) is 3.59. The Morgan fingerprint density at radius 2 is 1.33 bits per heavy atom. The predicted molar refractivity (Wildman–Crippen MR) is 227 cm³/mol. The van der Waals surface area contributed by atoms with Crippen LogP contribution < -0.4 is 26.0 Å². The number of carbonyl (C=O) groups is 1. The van der Waals surface area contributed by atoms with E-state index < -0.39 is 47.5 Å². The number of aromatic nitrogens is 2. The highest BCUT2D eigenvalue weighted by Crippen LogP contribution is 2.43. The second kappa shape index (κ2) is 16.0. The smallest absolute Gasteiger partial charge is 0.407 e. The van der Waals surface area contributed by atoms with E-state index in [1.165, 1.54) is 6.20 Å². The van der Waals surface area contributed by atoms with Crippen molar-refractivity contribution < 1.29 is 33.6 Å². The van der Waals surface area contributed by atoms with Crippen LogP contribution in [0.25, 0.3) is 32.3 Å². The molecule has 7 aromatic carbocycles. The van der Waals surface area contributed by atoms with Gasteiger partial charge in [-0.3, -0.25) is 14.3 Å². The summed E-state index contributed by atoms with van der Waals surface area (Å²) in [4.78, 5) is 41.2. The van der Waals surface area contributed by atoms with E-state index in [4.69, 9.17) is 23.7 Å². The highest BCUT2D eigenvalue weighted by atomic mass is 16.6. The molecule has 3 N–H and O–H groups in total. The summed E-state index contributed by atoms with van der Waals surface area (Å²) in [6, 6.07) is 44.3. The first-order valence-electron chi connectivity index (χ1n) is 19.5. The van der Waals surface area contributed by atoms with E-state index in [0.717, 1.165) is 65.2 Å². The average molecular weight is 804 g/mol. The number of aliphatic hydroxyl groups excluding tert-OH is 1. The molecule has 12 nitrogen and oxygen atoms in total. The summed E-state index contributed by atoms with van der Waals surface area (Å²) < 4.78 is 31.3. The standard InChI is InChI=1S/C48H41N3O9/c1-56-36-20-16-34(17-21-36)48(33-9-4-3-5-10-33,35-18-22-37(57-2)23-19-35)58-28-39-43(53)44(45(59-39)51-26-25-40(52)50-46(51)54)60-47(55)49-27-32-14-13-31-12-11-29-7-6-8-30-15-24-38(32)42(31)41(29)30/h3-26,39,43-45,53H,27-28H2,1-2H3,(H,49,55)(H,50,52,54)/t39-,43-,44-,45-/m1/s1. The number of hydrogen-bond acceptors (Lipinski definition) is 9. The second-order valence-electron chi connectivity index (χ2n) is 14.7. The number of benzene rings is 7. The molecule has 0 radical (unpaired) electrons. The minimum Gasteiger partial charge on any atom is -0.497 e. The van der Waals surface area contributed by atoms with Crippen LogP contribution in [0.3, 0.4) is 0 Å². The molecule has 302 valence electrons. The number of hydrogen-bond donors (Lipinski definition) is 3. The second-order valence-corrected chi connectivity index (χ2v) is 14.7. The number of carbonyl (C=O) groups excluding carboxylic acids is 1. The molecular formula is C48H41N3O9. The van der Waals surface area contributed by atoms with Crippen LogP contribution in [-0.4, -0.2) is 59.9 Å². The molecule has 0 saturated carbocycles. The van der Waals surface area contributed by atoms with Gasteiger partial charge in [0, 0.05) is 18.8 Å². The molecule has 1 saturated heterocycles. The number of amides is 1. The number of alkyl carbamates (subject to hydrolysis) is 1. The summed E-state index contributed by atoms with van der Waals surface area (Å²) in [7, 11) is 3.18. The van der Waals surface area contributed by atoms with E-state index in [1.54, 1.807) is 14.2 Å². The van der Waals surface area contributed by atoms with Crippen molar-refractivity contribution in [2.45, 2.75) is 36.7 Å². The van der Waals surface area contributed by atoms with Gasteiger partial charge in [-0.1, -0.05) is 109 Å². The van der Waals surface area contributed by atoms with Gasteiger partial charge in [-0.2, -0.15) is 0 Å². The zero-order valence-corrected chi connectivity index (χ0v) is 32.7. The normalized spacial score (nSPS) is 17.9. The highest BCUT2D eigenvalue weighted by Gasteiger charge is 2.49. The Morgan fingerprint density at radius 3 is 1.97 bits per heavy atom. The van der Waals surface area contributed by atoms with Gasteiger partial charge in [-0.05, 0) is 78.8 Å². The summed E-state index contributed by atoms with van der Waals surface area (Å²) in [6.45, 7) is -0.108. The molecule has 1 fully saturated rings. The molecule has 0 spiro atoms. The van der Waals surface area contributed by atoms with Crippen molar-refractivity contribution in [3.63, 3.8) is 0 Å². The molecular weight excluding hydrogens is 763 g/mol. The fourth-order valence-electron chi connectivity index (χ4n) is 8.40. The zero-order valence-electron chi connectivity index (χ0n) is 32.7. The SMILES string of the molecule is COc1ccc(C(OC[C@H]2O[C@@H](n3ccc(=O)[nH]c3=O)[C@H](OC(=O)NCc3ccc4ccc5cccc6ccc3c4c56)[C@@H]2O)(c2ccccc2)c2ccc(OC)cc2)cc1. The minimum absolute atomic E-state index is 0.121. The molecule has 1 aliphatic rings. The van der Waals surface area contributed by atoms with E-state index in [1.807, 2.05) is 97.1 Å². The molecule has 0 unspecified atom stereocenters. The van der Waals surface area contributed by atoms with Gasteiger partial charge in [-0.25, -0.2) is 9.59 Å². The maximum Gasteiger partial charge on any atom is 0.407 e. The van der Waals surface area contributed by atoms with Gasteiger partial charge >= 0.3 is 11.8 Å². The molecule has 9 rings (SSSR count). The summed E-state index contributed by atoms with van der Waals surface area (Å²) in [5, 5.41) is 21.4. The van der Waals surface area contributed by atoms with E-state index >= 15 is 0 Å². The van der Waals surface area contributed by atoms with Crippen LogP contribution in [0.1, 0.15) is 28.5 Å². The Balaban J connectivity index is 1.02. The van der Waals surface area contributed by atoms with E-state index in [2.05, 4.69) is 46.7 Å². The van der Waals surface area contributed by atoms with Crippen LogP contribution in [-0.2, 0) is 26.4 Å². The van der Waals surface area contributed by atoms with E-state index in [0.29, 0.717) is 11.5 Å². The summed E-state index contributed by atoms with van der Waals surface area (Å²) in [5.41, 5.74) is 0.461. The Bertz CT molecular complexity index is 2850. The van der Waals surface area contributed by atoms with Gasteiger partial charge < -0.3 is 34.1 Å². The van der Waals surface area contributed by atoms with Crippen molar-refractivity contribution in [1.29, 1.82) is 0 Å². The van der Waals surface area contributed by atoms with Crippen LogP contribution in [0.4, 0.5) is 4.79 Å². The summed E-state index contributed by atoms with van der Waals surface area (Å²) >= 11 is 0. The third-order valence-electron chi connectivity index (χ3n) is 11.4. The van der Waals surface area contributed by atoms with Gasteiger partial charge in [-0.15, -0.1) is 0 Å². The van der Waals surface area contributed by atoms with Crippen molar-refractivity contribution in [2.75, 3.05) is 20.8 Å². The quantitative estimate of drug-likeness (QED) is 0.0876. The van der Waals surface area contributed by atoms with Gasteiger partial charge in [0.05, 0.1) is 20.8 Å². The lowest BCUT2D eigenvalue weighted by atomic mass is 9.80. The molecule has 1 amide bonds. The number of nitrogens with zero attached hydrogens (tertiary/aromatic N) is 1. The summed E-state index contributed by atoms with van der Waals surface area (Å²) in [5.74, 6) is 1.30. The first-order chi connectivity index (χ1) is 29.3. The number of ether oxygens (including phenoxy) is 5. The molecule has 2 heterocycles. The van der Waals surface area contributed by atoms with Crippen LogP contribution in [0.15, 0.2) is 155 Å². The predicted octanol–water partition coefficient (Wildman–Crippen LogP) is 7.01. The number of aliphatic hydroxyl groups is 1. The van der Waals surface area contributed by atoms with Gasteiger partial charge in [0.1, 0.15) is 29.3 Å². The maximum atomic E-state index is 13.7. The first kappa shape index (κ1) is 38.5. The largest absolute Gasteiger partial charge is 0.497 e. The Labute approximate surface area is 343 Å². The number of aromatic amines is 1. The lowest BCUT2D eigenvalue weighted by Gasteiger charge is -2.37. The molecule has 12 heteroatoms. The Kier molecular flexibility index (Phi) is 10.3.